The fourth-order valence-corrected chi connectivity index (χ4v) is 1.37. The summed E-state index contributed by atoms with van der Waals surface area (Å²) in [5, 5.41) is 12.3. The smallest absolute Gasteiger partial charge is 0.397 e. The van der Waals surface area contributed by atoms with E-state index >= 15 is 0 Å². The van der Waals surface area contributed by atoms with Crippen molar-refractivity contribution < 1.29 is 13.2 Å². The van der Waals surface area contributed by atoms with E-state index in [-0.39, 0.29) is 17.2 Å². The first-order valence-corrected chi connectivity index (χ1v) is 4.70. The van der Waals surface area contributed by atoms with Crippen LogP contribution in [0.3, 0.4) is 0 Å². The average molecular weight is 253 g/mol. The molecule has 0 spiro atoms. The maximum Gasteiger partial charge on any atom is 0.416 e. The zero-order chi connectivity index (χ0) is 13.3. The van der Waals surface area contributed by atoms with E-state index in [2.05, 4.69) is 10.1 Å². The van der Waals surface area contributed by atoms with Crippen LogP contribution in [0.5, 0.6) is 0 Å². The van der Waals surface area contributed by atoms with Gasteiger partial charge in [0.15, 0.2) is 0 Å². The van der Waals surface area contributed by atoms with Gasteiger partial charge in [0.05, 0.1) is 16.9 Å². The molecule has 2 N–H and O–H groups in total. The summed E-state index contributed by atoms with van der Waals surface area (Å²) in [5.74, 6) is -0.0886. The van der Waals surface area contributed by atoms with E-state index in [0.717, 1.165) is 16.8 Å². The van der Waals surface area contributed by atoms with Crippen molar-refractivity contribution in [3.05, 3.63) is 35.9 Å². The highest BCUT2D eigenvalue weighted by molar-refractivity contribution is 5.59. The van der Waals surface area contributed by atoms with E-state index in [4.69, 9.17) is 11.0 Å². The Labute approximate surface area is 99.3 Å². The fourth-order valence-electron chi connectivity index (χ4n) is 1.37. The third-order valence-electron chi connectivity index (χ3n) is 2.19. The third-order valence-corrected chi connectivity index (χ3v) is 2.19. The van der Waals surface area contributed by atoms with Crippen LogP contribution in [-0.2, 0) is 6.18 Å². The number of alkyl halides is 3. The zero-order valence-corrected chi connectivity index (χ0v) is 8.81. The van der Waals surface area contributed by atoms with Gasteiger partial charge in [0, 0.05) is 0 Å². The number of nitriles is 1. The Hall–Kier alpha value is -2.56. The van der Waals surface area contributed by atoms with Gasteiger partial charge in [-0.3, -0.25) is 0 Å². The highest BCUT2D eigenvalue weighted by atomic mass is 19.4. The fraction of sp³-hybridized carbons (Fsp3) is 0.100. The molecule has 1 aromatic carbocycles. The van der Waals surface area contributed by atoms with Crippen molar-refractivity contribution in [1.82, 2.24) is 14.8 Å². The van der Waals surface area contributed by atoms with Gasteiger partial charge in [-0.15, -0.1) is 5.10 Å². The average Bonchev–Trinajstić information content (AvgIpc) is 2.76. The van der Waals surface area contributed by atoms with Gasteiger partial charge in [-0.2, -0.15) is 18.4 Å². The second-order valence-electron chi connectivity index (χ2n) is 3.40. The number of nitrogens with zero attached hydrogens (tertiary/aromatic N) is 4. The van der Waals surface area contributed by atoms with Crippen LogP contribution in [0, 0.1) is 11.3 Å². The van der Waals surface area contributed by atoms with Crippen LogP contribution in [0.2, 0.25) is 0 Å². The number of hydrogen-bond acceptors (Lipinski definition) is 4. The Balaban J connectivity index is 2.45. The maximum atomic E-state index is 12.4. The van der Waals surface area contributed by atoms with Gasteiger partial charge in [0.25, 0.3) is 5.82 Å². The first-order chi connectivity index (χ1) is 8.41. The molecule has 0 aliphatic rings. The molecule has 1 aromatic heterocycles. The summed E-state index contributed by atoms with van der Waals surface area (Å²) >= 11 is 0. The van der Waals surface area contributed by atoms with Gasteiger partial charge in [-0.05, 0) is 18.2 Å². The van der Waals surface area contributed by atoms with Crippen LogP contribution < -0.4 is 5.73 Å². The Morgan fingerprint density at radius 1 is 1.33 bits per heavy atom. The van der Waals surface area contributed by atoms with Crippen molar-refractivity contribution in [2.45, 2.75) is 6.18 Å². The quantitative estimate of drug-likeness (QED) is 0.785. The largest absolute Gasteiger partial charge is 0.416 e. The van der Waals surface area contributed by atoms with Gasteiger partial charge < -0.3 is 5.73 Å². The number of hydrogen-bond donors (Lipinski definition) is 1. The minimum Gasteiger partial charge on any atom is -0.397 e. The summed E-state index contributed by atoms with van der Waals surface area (Å²) in [7, 11) is 0. The lowest BCUT2D eigenvalue weighted by Gasteiger charge is -2.10. The lowest BCUT2D eigenvalue weighted by molar-refractivity contribution is -0.137. The second kappa shape index (κ2) is 4.03. The number of halogens is 3. The molecule has 18 heavy (non-hydrogen) atoms. The number of nitrogens with two attached hydrogens (primary N) is 1. The number of rotatable bonds is 1. The molecule has 0 amide bonds. The molecule has 0 aliphatic heterocycles. The third kappa shape index (κ3) is 2.10. The molecular formula is C10H6F3N5. The van der Waals surface area contributed by atoms with E-state index in [1.54, 1.807) is 6.07 Å². The zero-order valence-electron chi connectivity index (χ0n) is 8.81. The van der Waals surface area contributed by atoms with E-state index < -0.39 is 11.7 Å². The van der Waals surface area contributed by atoms with Gasteiger partial charge in [0.2, 0.25) is 0 Å². The van der Waals surface area contributed by atoms with Crippen LogP contribution in [0.15, 0.2) is 24.5 Å². The number of benzene rings is 1. The molecule has 8 heteroatoms. The van der Waals surface area contributed by atoms with Crippen molar-refractivity contribution in [3.8, 4) is 11.8 Å². The number of anilines is 1. The van der Waals surface area contributed by atoms with Gasteiger partial charge >= 0.3 is 6.18 Å². The highest BCUT2D eigenvalue weighted by Crippen LogP contribution is 2.32. The topological polar surface area (TPSA) is 80.5 Å². The van der Waals surface area contributed by atoms with Crippen molar-refractivity contribution in [3.63, 3.8) is 0 Å². The molecular weight excluding hydrogens is 247 g/mol. The molecule has 5 nitrogen and oxygen atoms in total. The minimum atomic E-state index is -4.45. The molecule has 0 bridgehead atoms. The molecule has 0 saturated heterocycles. The molecule has 0 unspecified atom stereocenters. The first kappa shape index (κ1) is 11.9. The molecule has 0 saturated carbocycles. The molecule has 92 valence electrons. The Kier molecular flexibility index (Phi) is 2.67. The van der Waals surface area contributed by atoms with Crippen LogP contribution in [-0.4, -0.2) is 14.8 Å². The van der Waals surface area contributed by atoms with E-state index in [1.165, 1.54) is 12.4 Å². The first-order valence-electron chi connectivity index (χ1n) is 4.70. The summed E-state index contributed by atoms with van der Waals surface area (Å²) in [6, 6.07) is 4.58. The minimum absolute atomic E-state index is 0.0886. The molecule has 0 aliphatic carbocycles. The van der Waals surface area contributed by atoms with E-state index in [9.17, 15) is 13.2 Å². The lowest BCUT2D eigenvalue weighted by atomic mass is 10.1. The van der Waals surface area contributed by atoms with Crippen LogP contribution in [0.1, 0.15) is 11.4 Å². The summed E-state index contributed by atoms with van der Waals surface area (Å²) < 4.78 is 38.4. The van der Waals surface area contributed by atoms with Crippen molar-refractivity contribution in [1.29, 1.82) is 5.26 Å². The van der Waals surface area contributed by atoms with Gasteiger partial charge in [-0.25, -0.2) is 9.67 Å². The van der Waals surface area contributed by atoms with Crippen LogP contribution >= 0.6 is 0 Å². The Bertz CT molecular complexity index is 623. The summed E-state index contributed by atoms with van der Waals surface area (Å²) in [5.41, 5.74) is 4.82. The van der Waals surface area contributed by atoms with E-state index in [1.807, 2.05) is 0 Å². The monoisotopic (exact) mass is 253 g/mol. The predicted molar refractivity (Wildman–Crippen MR) is 55.5 cm³/mol. The molecule has 0 radical (unpaired) electrons. The Morgan fingerprint density at radius 3 is 2.56 bits per heavy atom. The van der Waals surface area contributed by atoms with Gasteiger partial charge in [-0.1, -0.05) is 0 Å². The Morgan fingerprint density at radius 2 is 2.06 bits per heavy atom. The predicted octanol–water partition coefficient (Wildman–Crippen LogP) is 1.74. The molecule has 0 fully saturated rings. The number of nitrogen functional groups attached to an aromatic ring is 1. The van der Waals surface area contributed by atoms with Crippen molar-refractivity contribution in [2.24, 2.45) is 0 Å². The standard InChI is InChI=1S/C10H6F3N5/c11-10(12,13)6-1-2-8(7(15)3-6)18-5-16-9(4-14)17-18/h1-3,5H,15H2. The molecule has 1 heterocycles. The van der Waals surface area contributed by atoms with Crippen molar-refractivity contribution >= 4 is 5.69 Å². The lowest BCUT2D eigenvalue weighted by Crippen LogP contribution is -2.08. The highest BCUT2D eigenvalue weighted by Gasteiger charge is 2.30. The SMILES string of the molecule is N#Cc1ncn(-c2ccc(C(F)(F)F)cc2N)n1. The summed E-state index contributed by atoms with van der Waals surface area (Å²) in [4.78, 5) is 3.64. The van der Waals surface area contributed by atoms with E-state index in [0.29, 0.717) is 0 Å². The summed E-state index contributed by atoms with van der Waals surface area (Å²) in [6.07, 6.45) is -3.25. The summed E-state index contributed by atoms with van der Waals surface area (Å²) in [6.45, 7) is 0. The molecule has 0 atom stereocenters. The van der Waals surface area contributed by atoms with Crippen LogP contribution in [0.25, 0.3) is 5.69 Å². The van der Waals surface area contributed by atoms with Crippen molar-refractivity contribution in [2.75, 3.05) is 5.73 Å². The molecule has 2 aromatic rings. The maximum absolute atomic E-state index is 12.4. The van der Waals surface area contributed by atoms with Crippen LogP contribution in [0.4, 0.5) is 18.9 Å². The molecule has 2 rings (SSSR count). The second-order valence-corrected chi connectivity index (χ2v) is 3.40. The van der Waals surface area contributed by atoms with Gasteiger partial charge in [0.1, 0.15) is 12.4 Å². The number of aromatic nitrogens is 3. The normalized spacial score (nSPS) is 11.2.